The van der Waals surface area contributed by atoms with Crippen molar-refractivity contribution in [3.63, 3.8) is 0 Å². The molecule has 7 atom stereocenters. The van der Waals surface area contributed by atoms with Gasteiger partial charge in [0.25, 0.3) is 0 Å². The second kappa shape index (κ2) is 9.09. The number of hydrogen-bond donors (Lipinski definition) is 5. The molecule has 1 heterocycles. The Kier molecular flexibility index (Phi) is 7.54. The lowest BCUT2D eigenvalue weighted by Gasteiger charge is -2.42. The zero-order valence-electron chi connectivity index (χ0n) is 16.1. The molecular weight excluding hydrogens is 356 g/mol. The Morgan fingerprint density at radius 2 is 1.93 bits per heavy atom. The van der Waals surface area contributed by atoms with Gasteiger partial charge in [-0.25, -0.2) is 0 Å². The molecule has 0 unspecified atom stereocenters. The van der Waals surface area contributed by atoms with Gasteiger partial charge in [0, 0.05) is 6.42 Å². The van der Waals surface area contributed by atoms with E-state index in [1.165, 1.54) is 0 Å². The van der Waals surface area contributed by atoms with Crippen molar-refractivity contribution in [2.24, 2.45) is 11.3 Å². The lowest BCUT2D eigenvalue weighted by molar-refractivity contribution is -0.299. The van der Waals surface area contributed by atoms with Gasteiger partial charge in [0.15, 0.2) is 12.1 Å². The largest absolute Gasteiger partial charge is 0.394 e. The Balaban J connectivity index is 2.09. The van der Waals surface area contributed by atoms with Crippen molar-refractivity contribution in [3.8, 4) is 0 Å². The molecule has 0 saturated carbocycles. The van der Waals surface area contributed by atoms with E-state index in [-0.39, 0.29) is 23.7 Å². The van der Waals surface area contributed by atoms with E-state index in [0.717, 1.165) is 5.57 Å². The lowest BCUT2D eigenvalue weighted by Crippen LogP contribution is -2.59. The van der Waals surface area contributed by atoms with Crippen LogP contribution in [-0.4, -0.2) is 81.3 Å². The molecule has 5 N–H and O–H groups in total. The van der Waals surface area contributed by atoms with E-state index in [1.807, 2.05) is 13.8 Å². The molecule has 8 nitrogen and oxygen atoms in total. The van der Waals surface area contributed by atoms with Crippen LogP contribution < -0.4 is 0 Å². The molecule has 1 saturated heterocycles. The smallest absolute Gasteiger partial charge is 0.187 e. The molecule has 1 aliphatic heterocycles. The van der Waals surface area contributed by atoms with Gasteiger partial charge in [-0.05, 0) is 42.7 Å². The molecule has 156 valence electrons. The summed E-state index contributed by atoms with van der Waals surface area (Å²) >= 11 is 0. The number of hydrogen-bond acceptors (Lipinski definition) is 8. The molecule has 0 radical (unpaired) electrons. The highest BCUT2D eigenvalue weighted by Crippen LogP contribution is 2.43. The fourth-order valence-electron chi connectivity index (χ4n) is 3.94. The number of ether oxygens (including phenoxy) is 2. The SMILES string of the molecule is C[C@@H](O)CC[C@H]1C(CO[C@@H]2O[C@H](CO)[C@H](O)[C@H](O)[C@H]2O)=CC(=O)CC1(C)C. The first-order valence-corrected chi connectivity index (χ1v) is 9.40. The Hall–Kier alpha value is -0.870. The summed E-state index contributed by atoms with van der Waals surface area (Å²) in [6.45, 7) is 5.18. The molecule has 2 rings (SSSR count). The number of allylic oxidation sites excluding steroid dienone is 1. The maximum atomic E-state index is 12.1. The molecule has 1 aliphatic carbocycles. The predicted octanol–water partition coefficient (Wildman–Crippen LogP) is -0.495. The number of ketones is 1. The quantitative estimate of drug-likeness (QED) is 0.394. The van der Waals surface area contributed by atoms with Gasteiger partial charge in [0.05, 0.1) is 19.3 Å². The highest BCUT2D eigenvalue weighted by molar-refractivity contribution is 5.92. The van der Waals surface area contributed by atoms with E-state index >= 15 is 0 Å². The van der Waals surface area contributed by atoms with Gasteiger partial charge < -0.3 is 35.0 Å². The van der Waals surface area contributed by atoms with Gasteiger partial charge in [-0.15, -0.1) is 0 Å². The summed E-state index contributed by atoms with van der Waals surface area (Å²) in [5, 5.41) is 48.7. The predicted molar refractivity (Wildman–Crippen MR) is 95.6 cm³/mol. The van der Waals surface area contributed by atoms with Crippen LogP contribution in [0.25, 0.3) is 0 Å². The van der Waals surface area contributed by atoms with E-state index in [9.17, 15) is 30.3 Å². The van der Waals surface area contributed by atoms with E-state index in [4.69, 9.17) is 9.47 Å². The summed E-state index contributed by atoms with van der Waals surface area (Å²) in [5.41, 5.74) is 0.447. The third kappa shape index (κ3) is 5.35. The Labute approximate surface area is 159 Å². The van der Waals surface area contributed by atoms with Gasteiger partial charge in [-0.3, -0.25) is 4.79 Å². The summed E-state index contributed by atoms with van der Waals surface area (Å²) in [4.78, 5) is 12.1. The fraction of sp³-hybridized carbons (Fsp3) is 0.842. The van der Waals surface area contributed by atoms with E-state index < -0.39 is 43.4 Å². The molecule has 0 amide bonds. The Bertz CT molecular complexity index is 542. The molecule has 2 aliphatic rings. The van der Waals surface area contributed by atoms with E-state index in [2.05, 4.69) is 0 Å². The highest BCUT2D eigenvalue weighted by atomic mass is 16.7. The van der Waals surface area contributed by atoms with Crippen LogP contribution in [0, 0.1) is 11.3 Å². The minimum atomic E-state index is -1.51. The van der Waals surface area contributed by atoms with Gasteiger partial charge in [0.2, 0.25) is 0 Å². The zero-order chi connectivity index (χ0) is 20.4. The second-order valence-electron chi connectivity index (χ2n) is 8.34. The number of carbonyl (C=O) groups excluding carboxylic acids is 1. The summed E-state index contributed by atoms with van der Waals surface area (Å²) in [6, 6.07) is 0. The molecular formula is C19H32O8. The van der Waals surface area contributed by atoms with Crippen LogP contribution in [0.3, 0.4) is 0 Å². The van der Waals surface area contributed by atoms with Crippen LogP contribution >= 0.6 is 0 Å². The Morgan fingerprint density at radius 3 is 2.52 bits per heavy atom. The van der Waals surface area contributed by atoms with Crippen LogP contribution in [0.4, 0.5) is 0 Å². The third-order valence-corrected chi connectivity index (χ3v) is 5.50. The average Bonchev–Trinajstić information content (AvgIpc) is 2.57. The van der Waals surface area contributed by atoms with Crippen molar-refractivity contribution in [3.05, 3.63) is 11.6 Å². The summed E-state index contributed by atoms with van der Waals surface area (Å²) < 4.78 is 11.0. The molecule has 0 spiro atoms. The van der Waals surface area contributed by atoms with E-state index in [1.54, 1.807) is 13.0 Å². The fourth-order valence-corrected chi connectivity index (χ4v) is 3.94. The minimum Gasteiger partial charge on any atom is -0.394 e. The summed E-state index contributed by atoms with van der Waals surface area (Å²) in [5.74, 6) is -0.00427. The normalized spacial score (nSPS) is 37.8. The van der Waals surface area contributed by atoms with Crippen LogP contribution in [-0.2, 0) is 14.3 Å². The second-order valence-corrected chi connectivity index (χ2v) is 8.34. The minimum absolute atomic E-state index is 0.00232. The van der Waals surface area contributed by atoms with Gasteiger partial charge >= 0.3 is 0 Å². The molecule has 0 aromatic heterocycles. The van der Waals surface area contributed by atoms with Crippen molar-refractivity contribution in [1.29, 1.82) is 0 Å². The van der Waals surface area contributed by atoms with Gasteiger partial charge in [-0.1, -0.05) is 13.8 Å². The number of aliphatic hydroxyl groups excluding tert-OH is 5. The standard InChI is InChI=1S/C19H32O8/c1-10(21)4-5-13-11(6-12(22)7-19(13,2)3)9-26-18-17(25)16(24)15(23)14(8-20)27-18/h6,10,13-18,20-21,23-25H,4-5,7-9H2,1-3H3/t10-,13+,14-,15+,16+,17-,18-/m1/s1. The molecule has 1 fully saturated rings. The van der Waals surface area contributed by atoms with Crippen LogP contribution in [0.5, 0.6) is 0 Å². The molecule has 0 aromatic carbocycles. The van der Waals surface area contributed by atoms with Crippen LogP contribution in [0.2, 0.25) is 0 Å². The van der Waals surface area contributed by atoms with Crippen molar-refractivity contribution in [2.75, 3.05) is 13.2 Å². The van der Waals surface area contributed by atoms with Crippen LogP contribution in [0.1, 0.15) is 40.0 Å². The summed E-state index contributed by atoms with van der Waals surface area (Å²) in [6.07, 6.45) is -3.96. The number of rotatable bonds is 7. The highest BCUT2D eigenvalue weighted by Gasteiger charge is 2.45. The van der Waals surface area contributed by atoms with E-state index in [0.29, 0.717) is 19.3 Å². The summed E-state index contributed by atoms with van der Waals surface area (Å²) in [7, 11) is 0. The number of carbonyl (C=O) groups is 1. The van der Waals surface area contributed by atoms with Crippen molar-refractivity contribution in [1.82, 2.24) is 0 Å². The van der Waals surface area contributed by atoms with Crippen LogP contribution in [0.15, 0.2) is 11.6 Å². The third-order valence-electron chi connectivity index (χ3n) is 5.50. The first kappa shape index (κ1) is 22.4. The first-order chi connectivity index (χ1) is 12.6. The molecule has 8 heteroatoms. The number of aliphatic hydroxyl groups is 5. The molecule has 27 heavy (non-hydrogen) atoms. The zero-order valence-corrected chi connectivity index (χ0v) is 16.1. The monoisotopic (exact) mass is 388 g/mol. The van der Waals surface area contributed by atoms with Gasteiger partial charge in [0.1, 0.15) is 24.4 Å². The van der Waals surface area contributed by atoms with Crippen molar-refractivity contribution < 1.29 is 39.8 Å². The maximum absolute atomic E-state index is 12.1. The average molecular weight is 388 g/mol. The molecule has 0 bridgehead atoms. The van der Waals surface area contributed by atoms with Gasteiger partial charge in [-0.2, -0.15) is 0 Å². The topological polar surface area (TPSA) is 137 Å². The Morgan fingerprint density at radius 1 is 1.26 bits per heavy atom. The van der Waals surface area contributed by atoms with Crippen molar-refractivity contribution >= 4 is 5.78 Å². The molecule has 0 aromatic rings. The maximum Gasteiger partial charge on any atom is 0.187 e. The lowest BCUT2D eigenvalue weighted by atomic mass is 9.66. The van der Waals surface area contributed by atoms with Crippen molar-refractivity contribution in [2.45, 2.75) is 76.8 Å². The first-order valence-electron chi connectivity index (χ1n) is 9.40.